The van der Waals surface area contributed by atoms with Crippen LogP contribution in [0.3, 0.4) is 0 Å². The molecule has 0 amide bonds. The van der Waals surface area contributed by atoms with E-state index in [1.165, 1.54) is 47.0 Å². The number of aromatic nitrogens is 3. The number of rotatable bonds is 2. The van der Waals surface area contributed by atoms with Crippen molar-refractivity contribution >= 4 is 39.1 Å². The Hall–Kier alpha value is -2.94. The lowest BCUT2D eigenvalue weighted by atomic mass is 9.33. The van der Waals surface area contributed by atoms with Crippen molar-refractivity contribution in [1.29, 1.82) is 0 Å². The Morgan fingerprint density at radius 1 is 0.979 bits per heavy atom. The van der Waals surface area contributed by atoms with Crippen molar-refractivity contribution in [3.8, 4) is 0 Å². The molecule has 48 heavy (non-hydrogen) atoms. The smallest absolute Gasteiger partial charge is 0.201 e. The monoisotopic (exact) mass is 667 g/mol. The molecule has 0 spiro atoms. The van der Waals surface area contributed by atoms with E-state index in [0.29, 0.717) is 29.9 Å². The first-order valence-electron chi connectivity index (χ1n) is 18.1. The highest BCUT2D eigenvalue weighted by molar-refractivity contribution is 8.26. The molecular formula is C39H53N7OS. The zero-order valence-electron chi connectivity index (χ0n) is 29.9. The van der Waals surface area contributed by atoms with Gasteiger partial charge in [-0.15, -0.1) is 10.2 Å². The van der Waals surface area contributed by atoms with Crippen LogP contribution in [0.5, 0.6) is 0 Å². The molecule has 0 radical (unpaired) electrons. The van der Waals surface area contributed by atoms with E-state index in [4.69, 9.17) is 11.5 Å². The average Bonchev–Trinajstić information content (AvgIpc) is 3.61. The standard InChI is InChI=1S/C39H53N7OS/c1-34(2)12-14-39(33(47)48-29-18-28(40)43-44-29)15-13-38(7)30(25(39)20-34)23(22-9-8-16-42-21-22)17-27-36(5)19-24-31(45-46-32(24)41)35(3,4)26(36)10-11-37(27,38)6/h8-9,16,21,25-27H,10-15,17-20H2,1-7H3,(H2,40,43)(H3,41,45,46)/t25-,26-,27?,36-,37+,38+,39-/m0/s1. The van der Waals surface area contributed by atoms with E-state index in [9.17, 15) is 4.79 Å². The van der Waals surface area contributed by atoms with E-state index in [2.05, 4.69) is 92.2 Å². The van der Waals surface area contributed by atoms with E-state index in [0.717, 1.165) is 50.0 Å². The van der Waals surface area contributed by atoms with Crippen molar-refractivity contribution in [1.82, 2.24) is 15.2 Å². The summed E-state index contributed by atoms with van der Waals surface area (Å²) in [5.74, 6) is 2.27. The number of carbonyl (C=O) groups is 1. The molecule has 2 aromatic heterocycles. The molecular weight excluding hydrogens is 615 g/mol. The molecule has 1 unspecified atom stereocenters. The topological polar surface area (TPSA) is 135 Å². The summed E-state index contributed by atoms with van der Waals surface area (Å²) < 4.78 is 0. The fourth-order valence-electron chi connectivity index (χ4n) is 12.6. The van der Waals surface area contributed by atoms with Crippen molar-refractivity contribution in [3.63, 3.8) is 0 Å². The van der Waals surface area contributed by atoms with E-state index in [-0.39, 0.29) is 38.1 Å². The Morgan fingerprint density at radius 3 is 2.46 bits per heavy atom. The van der Waals surface area contributed by atoms with Gasteiger partial charge in [-0.2, -0.15) is 5.10 Å². The number of nitrogens with two attached hydrogens (primary N) is 2. The number of amidine groups is 1. The Kier molecular flexibility index (Phi) is 6.93. The first kappa shape index (κ1) is 32.3. The van der Waals surface area contributed by atoms with Gasteiger partial charge in [0.15, 0.2) is 0 Å². The summed E-state index contributed by atoms with van der Waals surface area (Å²) in [6.45, 7) is 17.5. The molecule has 3 fully saturated rings. The molecule has 3 heterocycles. The van der Waals surface area contributed by atoms with Gasteiger partial charge in [-0.05, 0) is 126 Å². The van der Waals surface area contributed by atoms with Crippen molar-refractivity contribution in [2.45, 2.75) is 118 Å². The van der Waals surface area contributed by atoms with Crippen molar-refractivity contribution in [2.24, 2.45) is 60.8 Å². The molecule has 0 saturated heterocycles. The van der Waals surface area contributed by atoms with Crippen molar-refractivity contribution < 1.29 is 4.79 Å². The number of thioether (sulfide) groups is 1. The molecule has 8 rings (SSSR count). The van der Waals surface area contributed by atoms with Crippen LogP contribution in [0.1, 0.15) is 123 Å². The van der Waals surface area contributed by atoms with Crippen LogP contribution in [0.4, 0.5) is 5.82 Å². The molecule has 5 aliphatic carbocycles. The third-order valence-corrected chi connectivity index (χ3v) is 16.3. The number of fused-ring (bicyclic) bond motifs is 8. The van der Waals surface area contributed by atoms with Gasteiger partial charge in [0.25, 0.3) is 0 Å². The second-order valence-electron chi connectivity index (χ2n) is 18.3. The van der Waals surface area contributed by atoms with Crippen LogP contribution >= 0.6 is 11.8 Å². The summed E-state index contributed by atoms with van der Waals surface area (Å²) in [5.41, 5.74) is 19.0. The maximum Gasteiger partial charge on any atom is 0.201 e. The number of nitrogens with one attached hydrogen (secondary N) is 1. The molecule has 7 atom stereocenters. The predicted octanol–water partition coefficient (Wildman–Crippen LogP) is 8.06. The Morgan fingerprint density at radius 2 is 1.75 bits per heavy atom. The number of hydrogen-bond donors (Lipinski definition) is 3. The number of pyridine rings is 1. The highest BCUT2D eigenvalue weighted by Crippen LogP contribution is 2.77. The van der Waals surface area contributed by atoms with E-state index >= 15 is 0 Å². The number of H-pyrrole nitrogens is 1. The second-order valence-corrected chi connectivity index (χ2v) is 19.4. The molecule has 0 bridgehead atoms. The second kappa shape index (κ2) is 10.3. The van der Waals surface area contributed by atoms with Crippen LogP contribution in [0, 0.1) is 44.8 Å². The van der Waals surface area contributed by atoms with Gasteiger partial charge < -0.3 is 11.5 Å². The minimum Gasteiger partial charge on any atom is -0.385 e. The molecule has 1 aliphatic heterocycles. The van der Waals surface area contributed by atoms with Gasteiger partial charge in [0, 0.05) is 34.5 Å². The van der Waals surface area contributed by atoms with Gasteiger partial charge in [0.1, 0.15) is 16.7 Å². The summed E-state index contributed by atoms with van der Waals surface area (Å²) in [4.78, 5) is 19.5. The van der Waals surface area contributed by atoms with Crippen LogP contribution in [0.2, 0.25) is 0 Å². The lowest BCUT2D eigenvalue weighted by molar-refractivity contribution is -0.161. The third-order valence-electron chi connectivity index (χ3n) is 15.2. The van der Waals surface area contributed by atoms with Gasteiger partial charge in [0.2, 0.25) is 5.12 Å². The van der Waals surface area contributed by atoms with Crippen molar-refractivity contribution in [2.75, 3.05) is 5.73 Å². The van der Waals surface area contributed by atoms with Crippen LogP contribution in [-0.2, 0) is 16.6 Å². The van der Waals surface area contributed by atoms with Gasteiger partial charge in [0.05, 0.1) is 6.42 Å². The zero-order valence-corrected chi connectivity index (χ0v) is 30.7. The molecule has 256 valence electrons. The van der Waals surface area contributed by atoms with E-state index in [1.807, 2.05) is 6.20 Å². The number of carbonyl (C=O) groups excluding carboxylic acids is 1. The number of anilines is 1. The maximum absolute atomic E-state index is 14.8. The summed E-state index contributed by atoms with van der Waals surface area (Å²) in [6, 6.07) is 4.36. The fourth-order valence-corrected chi connectivity index (χ4v) is 13.7. The average molecular weight is 668 g/mol. The summed E-state index contributed by atoms with van der Waals surface area (Å²) in [5, 5.41) is 17.3. The molecule has 5 N–H and O–H groups in total. The van der Waals surface area contributed by atoms with Gasteiger partial charge >= 0.3 is 0 Å². The highest BCUT2D eigenvalue weighted by atomic mass is 32.2. The fraction of sp³-hybridized carbons (Fsp3) is 0.667. The molecule has 2 aromatic rings. The van der Waals surface area contributed by atoms with Gasteiger partial charge in [-0.25, -0.2) is 0 Å². The third kappa shape index (κ3) is 4.24. The number of nitrogen functional groups attached to an aromatic ring is 1. The Balaban J connectivity index is 1.32. The summed E-state index contributed by atoms with van der Waals surface area (Å²) in [6.07, 6.45) is 13.7. The van der Waals surface area contributed by atoms with Gasteiger partial charge in [-0.1, -0.05) is 60.1 Å². The van der Waals surface area contributed by atoms with E-state index in [1.54, 1.807) is 5.57 Å². The minimum absolute atomic E-state index is 0.0378. The first-order chi connectivity index (χ1) is 22.6. The van der Waals surface area contributed by atoms with Crippen molar-refractivity contribution in [3.05, 3.63) is 46.9 Å². The zero-order chi connectivity index (χ0) is 34.1. The number of aromatic amines is 1. The summed E-state index contributed by atoms with van der Waals surface area (Å²) >= 11 is 1.32. The number of hydrogen-bond acceptors (Lipinski definition) is 8. The van der Waals surface area contributed by atoms with Gasteiger partial charge in [-0.3, -0.25) is 14.9 Å². The normalized spacial score (nSPS) is 39.3. The van der Waals surface area contributed by atoms with Crippen LogP contribution in [-0.4, -0.2) is 31.2 Å². The molecule has 0 aromatic carbocycles. The van der Waals surface area contributed by atoms with Crippen LogP contribution in [0.15, 0.2) is 40.3 Å². The Bertz CT molecular complexity index is 1790. The van der Waals surface area contributed by atoms with E-state index < -0.39 is 5.41 Å². The molecule has 8 nitrogen and oxygen atoms in total. The lowest BCUT2D eigenvalue weighted by Gasteiger charge is -2.71. The number of allylic oxidation sites excluding steroid dienone is 2. The van der Waals surface area contributed by atoms with Crippen LogP contribution < -0.4 is 11.5 Å². The first-order valence-corrected chi connectivity index (χ1v) is 19.0. The molecule has 6 aliphatic rings. The molecule has 9 heteroatoms. The summed E-state index contributed by atoms with van der Waals surface area (Å²) in [7, 11) is 0. The maximum atomic E-state index is 14.8. The largest absolute Gasteiger partial charge is 0.385 e. The Labute approximate surface area is 289 Å². The predicted molar refractivity (Wildman–Crippen MR) is 195 cm³/mol. The quantitative estimate of drug-likeness (QED) is 0.296. The SMILES string of the molecule is CC1(C)CC[C@]2(C(=O)SC3=NN=C(N)C3)CC[C@]3(C)C(=C(c4cccnc4)CC4[C@@]5(C)Cc6c(N)n[nH]c6C(C)(C)[C@@H]5CC[C@]43C)[C@@H]2C1. The number of nitrogens with zero attached hydrogens (tertiary/aromatic N) is 4. The lowest BCUT2D eigenvalue weighted by Crippen LogP contribution is -2.65. The molecule has 3 saturated carbocycles. The minimum atomic E-state index is -0.431. The highest BCUT2D eigenvalue weighted by Gasteiger charge is 2.70. The van der Waals surface area contributed by atoms with Crippen LogP contribution in [0.25, 0.3) is 5.57 Å².